The zero-order valence-electron chi connectivity index (χ0n) is 11.9. The molecule has 1 aromatic rings. The van der Waals surface area contributed by atoms with E-state index in [9.17, 15) is 9.18 Å². The third kappa shape index (κ3) is 4.58. The number of nitrogens with one attached hydrogen (secondary N) is 2. The lowest BCUT2D eigenvalue weighted by molar-refractivity contribution is -0.122. The Kier molecular flexibility index (Phi) is 5.49. The van der Waals surface area contributed by atoms with E-state index in [0.29, 0.717) is 6.54 Å². The normalized spacial score (nSPS) is 18.4. The summed E-state index contributed by atoms with van der Waals surface area (Å²) in [6, 6.07) is 6.49. The van der Waals surface area contributed by atoms with Crippen molar-refractivity contribution in [3.8, 4) is 0 Å². The van der Waals surface area contributed by atoms with Gasteiger partial charge in [-0.1, -0.05) is 12.1 Å². The maximum absolute atomic E-state index is 12.8. The zero-order chi connectivity index (χ0) is 14.4. The SMILES string of the molecule is CN(CCNC(=O)C1CCCN1)Cc1ccc(F)cc1. The van der Waals surface area contributed by atoms with E-state index in [1.807, 2.05) is 7.05 Å². The molecule has 1 fully saturated rings. The van der Waals surface area contributed by atoms with Crippen LogP contribution in [0.25, 0.3) is 0 Å². The predicted molar refractivity (Wildman–Crippen MR) is 76.8 cm³/mol. The van der Waals surface area contributed by atoms with Crippen LogP contribution in [0.5, 0.6) is 0 Å². The molecule has 1 atom stereocenters. The minimum Gasteiger partial charge on any atom is -0.353 e. The second-order valence-electron chi connectivity index (χ2n) is 5.30. The van der Waals surface area contributed by atoms with E-state index in [-0.39, 0.29) is 17.8 Å². The van der Waals surface area contributed by atoms with Crippen LogP contribution in [-0.2, 0) is 11.3 Å². The third-order valence-corrected chi connectivity index (χ3v) is 3.54. The molecule has 110 valence electrons. The van der Waals surface area contributed by atoms with Crippen molar-refractivity contribution in [2.75, 3.05) is 26.7 Å². The highest BCUT2D eigenvalue weighted by atomic mass is 19.1. The highest BCUT2D eigenvalue weighted by Gasteiger charge is 2.21. The Balaban J connectivity index is 1.65. The minimum absolute atomic E-state index is 0.0163. The molecule has 20 heavy (non-hydrogen) atoms. The Bertz CT molecular complexity index is 429. The molecule has 0 aliphatic carbocycles. The number of carbonyl (C=O) groups is 1. The first-order valence-electron chi connectivity index (χ1n) is 7.09. The molecule has 0 bridgehead atoms. The number of nitrogens with zero attached hydrogens (tertiary/aromatic N) is 1. The van der Waals surface area contributed by atoms with Crippen molar-refractivity contribution in [3.63, 3.8) is 0 Å². The number of hydrogen-bond acceptors (Lipinski definition) is 3. The molecule has 0 aromatic heterocycles. The molecule has 0 saturated carbocycles. The fourth-order valence-electron chi connectivity index (χ4n) is 2.38. The van der Waals surface area contributed by atoms with Gasteiger partial charge in [-0.25, -0.2) is 4.39 Å². The molecule has 1 amide bonds. The number of benzene rings is 1. The van der Waals surface area contributed by atoms with Crippen molar-refractivity contribution in [1.82, 2.24) is 15.5 Å². The van der Waals surface area contributed by atoms with Gasteiger partial charge in [-0.3, -0.25) is 4.79 Å². The van der Waals surface area contributed by atoms with Crippen LogP contribution < -0.4 is 10.6 Å². The van der Waals surface area contributed by atoms with E-state index in [2.05, 4.69) is 15.5 Å². The molecule has 1 unspecified atom stereocenters. The predicted octanol–water partition coefficient (Wildman–Crippen LogP) is 1.13. The topological polar surface area (TPSA) is 44.4 Å². The number of amides is 1. The Morgan fingerprint density at radius 3 is 2.85 bits per heavy atom. The molecule has 0 spiro atoms. The first-order chi connectivity index (χ1) is 9.65. The van der Waals surface area contributed by atoms with Gasteiger partial charge in [0.05, 0.1) is 6.04 Å². The van der Waals surface area contributed by atoms with Gasteiger partial charge < -0.3 is 15.5 Å². The van der Waals surface area contributed by atoms with Crippen LogP contribution in [0, 0.1) is 5.82 Å². The van der Waals surface area contributed by atoms with Gasteiger partial charge in [0.15, 0.2) is 0 Å². The monoisotopic (exact) mass is 279 g/mol. The molecule has 0 radical (unpaired) electrons. The van der Waals surface area contributed by atoms with Gasteiger partial charge in [0.25, 0.3) is 0 Å². The number of likely N-dealkylation sites (N-methyl/N-ethyl adjacent to an activating group) is 1. The lowest BCUT2D eigenvalue weighted by atomic mass is 10.2. The van der Waals surface area contributed by atoms with Gasteiger partial charge in [0.2, 0.25) is 5.91 Å². The highest BCUT2D eigenvalue weighted by Crippen LogP contribution is 2.06. The van der Waals surface area contributed by atoms with Crippen LogP contribution in [0.3, 0.4) is 0 Å². The van der Waals surface area contributed by atoms with Crippen LogP contribution >= 0.6 is 0 Å². The van der Waals surface area contributed by atoms with Gasteiger partial charge in [0.1, 0.15) is 5.82 Å². The molecule has 5 heteroatoms. The van der Waals surface area contributed by atoms with Gasteiger partial charge in [-0.05, 0) is 44.1 Å². The first kappa shape index (κ1) is 14.9. The van der Waals surface area contributed by atoms with Gasteiger partial charge in [0, 0.05) is 19.6 Å². The molecule has 1 aromatic carbocycles. The van der Waals surface area contributed by atoms with Gasteiger partial charge in [-0.15, -0.1) is 0 Å². The lowest BCUT2D eigenvalue weighted by Crippen LogP contribution is -2.42. The molecule has 2 rings (SSSR count). The molecule has 1 aliphatic heterocycles. The average Bonchev–Trinajstić information content (AvgIpc) is 2.95. The quantitative estimate of drug-likeness (QED) is 0.820. The number of carbonyl (C=O) groups excluding carboxylic acids is 1. The third-order valence-electron chi connectivity index (χ3n) is 3.54. The standard InChI is InChI=1S/C15H22FN3O/c1-19(11-12-4-6-13(16)7-5-12)10-9-18-15(20)14-3-2-8-17-14/h4-7,14,17H,2-3,8-11H2,1H3,(H,18,20). The van der Waals surface area contributed by atoms with E-state index in [1.165, 1.54) is 12.1 Å². The maximum atomic E-state index is 12.8. The fraction of sp³-hybridized carbons (Fsp3) is 0.533. The Hall–Kier alpha value is -1.46. The summed E-state index contributed by atoms with van der Waals surface area (Å²) in [7, 11) is 1.99. The lowest BCUT2D eigenvalue weighted by Gasteiger charge is -2.18. The molecule has 2 N–H and O–H groups in total. The Morgan fingerprint density at radius 1 is 1.45 bits per heavy atom. The summed E-state index contributed by atoms with van der Waals surface area (Å²) in [5.74, 6) is -0.120. The van der Waals surface area contributed by atoms with E-state index in [4.69, 9.17) is 0 Å². The molecule has 4 nitrogen and oxygen atoms in total. The van der Waals surface area contributed by atoms with Crippen molar-refractivity contribution in [3.05, 3.63) is 35.6 Å². The summed E-state index contributed by atoms with van der Waals surface area (Å²) in [5.41, 5.74) is 1.07. The minimum atomic E-state index is -0.215. The largest absolute Gasteiger partial charge is 0.353 e. The number of hydrogen-bond donors (Lipinski definition) is 2. The smallest absolute Gasteiger partial charge is 0.237 e. The van der Waals surface area contributed by atoms with Crippen LogP contribution in [0.15, 0.2) is 24.3 Å². The summed E-state index contributed by atoms with van der Waals surface area (Å²) in [6.45, 7) is 3.09. The van der Waals surface area contributed by atoms with E-state index in [1.54, 1.807) is 12.1 Å². The summed E-state index contributed by atoms with van der Waals surface area (Å²) in [5, 5.41) is 6.13. The average molecular weight is 279 g/mol. The van der Waals surface area contributed by atoms with Gasteiger partial charge >= 0.3 is 0 Å². The van der Waals surface area contributed by atoms with Crippen molar-refractivity contribution in [2.45, 2.75) is 25.4 Å². The van der Waals surface area contributed by atoms with E-state index < -0.39 is 0 Å². The molecular formula is C15H22FN3O. The summed E-state index contributed by atoms with van der Waals surface area (Å²) >= 11 is 0. The van der Waals surface area contributed by atoms with Crippen LogP contribution in [0.2, 0.25) is 0 Å². The van der Waals surface area contributed by atoms with Crippen molar-refractivity contribution >= 4 is 5.91 Å². The molecule has 1 saturated heterocycles. The molecule has 1 aliphatic rings. The van der Waals surface area contributed by atoms with Crippen LogP contribution in [0.4, 0.5) is 4.39 Å². The van der Waals surface area contributed by atoms with Crippen LogP contribution in [-0.4, -0.2) is 43.5 Å². The zero-order valence-corrected chi connectivity index (χ0v) is 11.9. The van der Waals surface area contributed by atoms with Crippen molar-refractivity contribution in [1.29, 1.82) is 0 Å². The second-order valence-corrected chi connectivity index (χ2v) is 5.30. The Morgan fingerprint density at radius 2 is 2.20 bits per heavy atom. The van der Waals surface area contributed by atoms with Crippen molar-refractivity contribution < 1.29 is 9.18 Å². The Labute approximate surface area is 119 Å². The number of halogens is 1. The fourth-order valence-corrected chi connectivity index (χ4v) is 2.38. The van der Waals surface area contributed by atoms with Gasteiger partial charge in [-0.2, -0.15) is 0 Å². The van der Waals surface area contributed by atoms with E-state index in [0.717, 1.165) is 38.0 Å². The number of rotatable bonds is 6. The summed E-state index contributed by atoms with van der Waals surface area (Å²) < 4.78 is 12.8. The second kappa shape index (κ2) is 7.36. The molecule has 1 heterocycles. The highest BCUT2D eigenvalue weighted by molar-refractivity contribution is 5.81. The van der Waals surface area contributed by atoms with E-state index >= 15 is 0 Å². The summed E-state index contributed by atoms with van der Waals surface area (Å²) in [4.78, 5) is 13.9. The van der Waals surface area contributed by atoms with Crippen molar-refractivity contribution in [2.24, 2.45) is 0 Å². The molecular weight excluding hydrogens is 257 g/mol. The maximum Gasteiger partial charge on any atom is 0.237 e. The summed E-state index contributed by atoms with van der Waals surface area (Å²) in [6.07, 6.45) is 2.00. The first-order valence-corrected chi connectivity index (χ1v) is 7.09. The van der Waals surface area contributed by atoms with Crippen LogP contribution in [0.1, 0.15) is 18.4 Å².